The standard InChI is InChI=1S/C12H15ClO3/c1-8(2)16-11(12(14)15)7-9-3-5-10(13)6-4-9/h3-6,8,11H,7H2,1-2H3,(H,14,15). The number of benzene rings is 1. The molecule has 3 nitrogen and oxygen atoms in total. The zero-order valence-electron chi connectivity index (χ0n) is 9.31. The van der Waals surface area contributed by atoms with E-state index in [9.17, 15) is 4.79 Å². The quantitative estimate of drug-likeness (QED) is 0.864. The van der Waals surface area contributed by atoms with Crippen LogP contribution in [0, 0.1) is 0 Å². The molecule has 0 saturated heterocycles. The van der Waals surface area contributed by atoms with Crippen LogP contribution < -0.4 is 0 Å². The smallest absolute Gasteiger partial charge is 0.333 e. The molecule has 0 heterocycles. The fourth-order valence-corrected chi connectivity index (χ4v) is 1.48. The number of aliphatic carboxylic acids is 1. The maximum atomic E-state index is 11.0. The normalized spacial score (nSPS) is 12.8. The van der Waals surface area contributed by atoms with E-state index in [1.54, 1.807) is 12.1 Å². The number of carboxylic acids is 1. The summed E-state index contributed by atoms with van der Waals surface area (Å²) in [4.78, 5) is 11.0. The Morgan fingerprint density at radius 1 is 1.38 bits per heavy atom. The first-order chi connectivity index (χ1) is 7.49. The fraction of sp³-hybridized carbons (Fsp3) is 0.417. The van der Waals surface area contributed by atoms with Crippen LogP contribution in [-0.2, 0) is 16.0 Å². The minimum atomic E-state index is -0.941. The molecule has 0 fully saturated rings. The van der Waals surface area contributed by atoms with Crippen molar-refractivity contribution in [2.75, 3.05) is 0 Å². The zero-order valence-corrected chi connectivity index (χ0v) is 10.1. The number of halogens is 1. The van der Waals surface area contributed by atoms with E-state index >= 15 is 0 Å². The molecule has 0 amide bonds. The van der Waals surface area contributed by atoms with Gasteiger partial charge in [0.15, 0.2) is 6.10 Å². The summed E-state index contributed by atoms with van der Waals surface area (Å²) in [6, 6.07) is 7.10. The van der Waals surface area contributed by atoms with Crippen molar-refractivity contribution in [1.82, 2.24) is 0 Å². The third kappa shape index (κ3) is 4.21. The number of rotatable bonds is 5. The molecule has 1 N–H and O–H groups in total. The van der Waals surface area contributed by atoms with Crippen molar-refractivity contribution in [1.29, 1.82) is 0 Å². The van der Waals surface area contributed by atoms with Gasteiger partial charge in [0, 0.05) is 11.4 Å². The molecule has 1 aromatic rings. The van der Waals surface area contributed by atoms with E-state index in [0.29, 0.717) is 11.4 Å². The molecule has 0 aliphatic carbocycles. The third-order valence-electron chi connectivity index (χ3n) is 2.05. The van der Waals surface area contributed by atoms with Crippen molar-refractivity contribution in [3.8, 4) is 0 Å². The molecule has 88 valence electrons. The summed E-state index contributed by atoms with van der Waals surface area (Å²) < 4.78 is 5.31. The molecule has 0 radical (unpaired) electrons. The van der Waals surface area contributed by atoms with Crippen molar-refractivity contribution in [2.45, 2.75) is 32.5 Å². The monoisotopic (exact) mass is 242 g/mol. The Hall–Kier alpha value is -1.06. The second-order valence-corrected chi connectivity index (χ2v) is 4.28. The molecule has 4 heteroatoms. The average Bonchev–Trinajstić information content (AvgIpc) is 2.19. The van der Waals surface area contributed by atoms with Crippen LogP contribution in [0.15, 0.2) is 24.3 Å². The first-order valence-corrected chi connectivity index (χ1v) is 5.49. The lowest BCUT2D eigenvalue weighted by molar-refractivity contribution is -0.153. The van der Waals surface area contributed by atoms with Crippen molar-refractivity contribution in [3.05, 3.63) is 34.9 Å². The fourth-order valence-electron chi connectivity index (χ4n) is 1.36. The van der Waals surface area contributed by atoms with Crippen LogP contribution in [-0.4, -0.2) is 23.3 Å². The van der Waals surface area contributed by atoms with E-state index in [0.717, 1.165) is 5.56 Å². The second-order valence-electron chi connectivity index (χ2n) is 3.84. The largest absolute Gasteiger partial charge is 0.479 e. The van der Waals surface area contributed by atoms with Crippen molar-refractivity contribution in [3.63, 3.8) is 0 Å². The van der Waals surface area contributed by atoms with Gasteiger partial charge in [-0.3, -0.25) is 0 Å². The van der Waals surface area contributed by atoms with Gasteiger partial charge in [0.05, 0.1) is 6.10 Å². The van der Waals surface area contributed by atoms with Gasteiger partial charge in [-0.2, -0.15) is 0 Å². The highest BCUT2D eigenvalue weighted by molar-refractivity contribution is 6.30. The first-order valence-electron chi connectivity index (χ1n) is 5.11. The molecule has 16 heavy (non-hydrogen) atoms. The molecule has 0 saturated carbocycles. The van der Waals surface area contributed by atoms with E-state index < -0.39 is 12.1 Å². The predicted octanol–water partition coefficient (Wildman–Crippen LogP) is 2.76. The molecular weight excluding hydrogens is 228 g/mol. The van der Waals surface area contributed by atoms with E-state index in [-0.39, 0.29) is 6.10 Å². The van der Waals surface area contributed by atoms with Crippen LogP contribution in [0.1, 0.15) is 19.4 Å². The van der Waals surface area contributed by atoms with Gasteiger partial charge in [0.25, 0.3) is 0 Å². The highest BCUT2D eigenvalue weighted by Gasteiger charge is 2.19. The SMILES string of the molecule is CC(C)OC(Cc1ccc(Cl)cc1)C(=O)O. The van der Waals surface area contributed by atoms with Gasteiger partial charge >= 0.3 is 5.97 Å². The first kappa shape index (κ1) is 13.0. The zero-order chi connectivity index (χ0) is 12.1. The topological polar surface area (TPSA) is 46.5 Å². The van der Waals surface area contributed by atoms with E-state index in [1.807, 2.05) is 26.0 Å². The lowest BCUT2D eigenvalue weighted by atomic mass is 10.1. The van der Waals surface area contributed by atoms with Crippen LogP contribution >= 0.6 is 11.6 Å². The Labute approximate surface area is 100.0 Å². The molecule has 0 aliphatic rings. The summed E-state index contributed by atoms with van der Waals surface area (Å²) in [5.41, 5.74) is 0.900. The van der Waals surface area contributed by atoms with Crippen molar-refractivity contribution in [2.24, 2.45) is 0 Å². The van der Waals surface area contributed by atoms with Crippen molar-refractivity contribution < 1.29 is 14.6 Å². The van der Waals surface area contributed by atoms with Crippen LogP contribution in [0.5, 0.6) is 0 Å². The molecule has 1 aromatic carbocycles. The molecule has 1 unspecified atom stereocenters. The molecule has 0 spiro atoms. The van der Waals surface area contributed by atoms with Gasteiger partial charge in [0.2, 0.25) is 0 Å². The second kappa shape index (κ2) is 5.87. The van der Waals surface area contributed by atoms with Crippen molar-refractivity contribution >= 4 is 17.6 Å². The molecule has 0 bridgehead atoms. The summed E-state index contributed by atoms with van der Waals surface area (Å²) in [5, 5.41) is 9.63. The number of carboxylic acid groups (broad SMARTS) is 1. The number of carbonyl (C=O) groups is 1. The van der Waals surface area contributed by atoms with Gasteiger partial charge in [0.1, 0.15) is 0 Å². The maximum Gasteiger partial charge on any atom is 0.333 e. The van der Waals surface area contributed by atoms with Crippen LogP contribution in [0.2, 0.25) is 5.02 Å². The molecular formula is C12H15ClO3. The number of hydrogen-bond donors (Lipinski definition) is 1. The number of ether oxygens (including phenoxy) is 1. The van der Waals surface area contributed by atoms with Gasteiger partial charge in [-0.15, -0.1) is 0 Å². The highest BCUT2D eigenvalue weighted by Crippen LogP contribution is 2.13. The minimum Gasteiger partial charge on any atom is -0.479 e. The van der Waals surface area contributed by atoms with Gasteiger partial charge in [-0.05, 0) is 31.5 Å². The van der Waals surface area contributed by atoms with Crippen LogP contribution in [0.4, 0.5) is 0 Å². The predicted molar refractivity (Wildman–Crippen MR) is 62.8 cm³/mol. The molecule has 0 aromatic heterocycles. The van der Waals surface area contributed by atoms with E-state index in [1.165, 1.54) is 0 Å². The number of hydrogen-bond acceptors (Lipinski definition) is 2. The molecule has 1 atom stereocenters. The maximum absolute atomic E-state index is 11.0. The third-order valence-corrected chi connectivity index (χ3v) is 2.30. The summed E-state index contributed by atoms with van der Waals surface area (Å²) in [7, 11) is 0. The lowest BCUT2D eigenvalue weighted by Gasteiger charge is -2.16. The van der Waals surface area contributed by atoms with E-state index in [4.69, 9.17) is 21.4 Å². The summed E-state index contributed by atoms with van der Waals surface area (Å²) in [6.07, 6.45) is -0.556. The summed E-state index contributed by atoms with van der Waals surface area (Å²) >= 11 is 5.75. The highest BCUT2D eigenvalue weighted by atomic mass is 35.5. The summed E-state index contributed by atoms with van der Waals surface area (Å²) in [6.45, 7) is 3.63. The van der Waals surface area contributed by atoms with Gasteiger partial charge < -0.3 is 9.84 Å². The molecule has 0 aliphatic heterocycles. The Balaban J connectivity index is 2.68. The Kier molecular flexibility index (Phi) is 4.77. The molecule has 1 rings (SSSR count). The van der Waals surface area contributed by atoms with Crippen LogP contribution in [0.3, 0.4) is 0 Å². The van der Waals surface area contributed by atoms with Gasteiger partial charge in [-0.25, -0.2) is 4.79 Å². The minimum absolute atomic E-state index is 0.103. The lowest BCUT2D eigenvalue weighted by Crippen LogP contribution is -2.29. The average molecular weight is 243 g/mol. The Morgan fingerprint density at radius 3 is 2.38 bits per heavy atom. The Bertz CT molecular complexity index is 346. The van der Waals surface area contributed by atoms with Crippen LogP contribution in [0.25, 0.3) is 0 Å². The summed E-state index contributed by atoms with van der Waals surface area (Å²) in [5.74, 6) is -0.941. The Morgan fingerprint density at radius 2 is 1.94 bits per heavy atom. The van der Waals surface area contributed by atoms with E-state index in [2.05, 4.69) is 0 Å². The van der Waals surface area contributed by atoms with Gasteiger partial charge in [-0.1, -0.05) is 23.7 Å².